The monoisotopic (exact) mass is 241 g/mol. The summed E-state index contributed by atoms with van der Waals surface area (Å²) < 4.78 is 0. The third-order valence-electron chi connectivity index (χ3n) is 2.94. The van der Waals surface area contributed by atoms with E-state index >= 15 is 0 Å². The van der Waals surface area contributed by atoms with E-state index in [1.807, 2.05) is 17.8 Å². The van der Waals surface area contributed by atoms with Crippen LogP contribution in [0.15, 0.2) is 11.4 Å². The highest BCUT2D eigenvalue weighted by Crippen LogP contribution is 2.31. The Kier molecular flexibility index (Phi) is 3.36. The van der Waals surface area contributed by atoms with E-state index in [4.69, 9.17) is 0 Å². The second-order valence-electron chi connectivity index (χ2n) is 3.84. The van der Waals surface area contributed by atoms with Crippen LogP contribution >= 0.6 is 23.1 Å². The van der Waals surface area contributed by atoms with Gasteiger partial charge in [-0.15, -0.1) is 11.3 Å². The van der Waals surface area contributed by atoms with Crippen LogP contribution in [0, 0.1) is 0 Å². The van der Waals surface area contributed by atoms with Crippen LogP contribution < -0.4 is 4.90 Å². The predicted octanol–water partition coefficient (Wildman–Crippen LogP) is 2.89. The van der Waals surface area contributed by atoms with Crippen molar-refractivity contribution in [2.45, 2.75) is 25.1 Å². The molecule has 1 aromatic heterocycles. The van der Waals surface area contributed by atoms with Crippen LogP contribution in [0.3, 0.4) is 0 Å². The van der Waals surface area contributed by atoms with Crippen LogP contribution in [0.4, 0.5) is 5.69 Å². The normalized spacial score (nSPS) is 26.7. The van der Waals surface area contributed by atoms with Crippen molar-refractivity contribution in [1.82, 2.24) is 0 Å². The van der Waals surface area contributed by atoms with Crippen LogP contribution in [-0.4, -0.2) is 29.9 Å². The lowest BCUT2D eigenvalue weighted by Gasteiger charge is -2.38. The van der Waals surface area contributed by atoms with E-state index in [-0.39, 0.29) is 0 Å². The number of thiophene rings is 1. The Morgan fingerprint density at radius 1 is 1.53 bits per heavy atom. The zero-order valence-electron chi connectivity index (χ0n) is 8.97. The van der Waals surface area contributed by atoms with Gasteiger partial charge in [0, 0.05) is 34.7 Å². The van der Waals surface area contributed by atoms with Crippen molar-refractivity contribution in [2.75, 3.05) is 17.2 Å². The number of carbonyl (C=O) groups is 1. The molecule has 0 saturated carbocycles. The Labute approximate surface area is 98.7 Å². The number of rotatable bonds is 2. The third-order valence-corrected chi connectivity index (χ3v) is 5.12. The summed E-state index contributed by atoms with van der Waals surface area (Å²) in [5, 5.41) is 2.75. The molecule has 1 aromatic rings. The summed E-state index contributed by atoms with van der Waals surface area (Å²) in [6.45, 7) is 5.62. The van der Waals surface area contributed by atoms with Gasteiger partial charge >= 0.3 is 0 Å². The molecule has 2 unspecified atom stereocenters. The van der Waals surface area contributed by atoms with Gasteiger partial charge in [-0.1, -0.05) is 6.92 Å². The second-order valence-corrected chi connectivity index (χ2v) is 6.26. The molecule has 0 radical (unpaired) electrons. The number of hydrogen-bond donors (Lipinski definition) is 0. The highest BCUT2D eigenvalue weighted by Gasteiger charge is 2.25. The fourth-order valence-corrected chi connectivity index (χ4v) is 3.66. The molecule has 1 aliphatic heterocycles. The van der Waals surface area contributed by atoms with E-state index in [1.54, 1.807) is 0 Å². The first kappa shape index (κ1) is 11.0. The Morgan fingerprint density at radius 2 is 2.33 bits per heavy atom. The molecular formula is C11H15NOS2. The molecule has 1 saturated heterocycles. The van der Waals surface area contributed by atoms with Gasteiger partial charge in [0.15, 0.2) is 6.29 Å². The van der Waals surface area contributed by atoms with Crippen molar-refractivity contribution < 1.29 is 4.79 Å². The van der Waals surface area contributed by atoms with E-state index in [0.29, 0.717) is 11.3 Å². The summed E-state index contributed by atoms with van der Waals surface area (Å²) in [6.07, 6.45) is 0.932. The van der Waals surface area contributed by atoms with E-state index in [2.05, 4.69) is 24.1 Å². The summed E-state index contributed by atoms with van der Waals surface area (Å²) in [5.41, 5.74) is 1.21. The fourth-order valence-electron chi connectivity index (χ4n) is 1.85. The van der Waals surface area contributed by atoms with Crippen LogP contribution in [0.1, 0.15) is 23.5 Å². The van der Waals surface area contributed by atoms with Gasteiger partial charge in [0.25, 0.3) is 0 Å². The molecule has 4 heteroatoms. The molecule has 0 aliphatic carbocycles. The number of thioether (sulfide) groups is 1. The molecule has 1 fully saturated rings. The van der Waals surface area contributed by atoms with Gasteiger partial charge in [-0.2, -0.15) is 11.8 Å². The van der Waals surface area contributed by atoms with Crippen LogP contribution in [-0.2, 0) is 0 Å². The molecule has 15 heavy (non-hydrogen) atoms. The number of aldehydes is 1. The molecule has 0 aromatic carbocycles. The van der Waals surface area contributed by atoms with Gasteiger partial charge in [0.05, 0.1) is 4.88 Å². The molecule has 1 aliphatic rings. The van der Waals surface area contributed by atoms with Gasteiger partial charge < -0.3 is 4.90 Å². The quantitative estimate of drug-likeness (QED) is 0.743. The zero-order chi connectivity index (χ0) is 10.8. The minimum Gasteiger partial charge on any atom is -0.366 e. The average molecular weight is 241 g/mol. The molecule has 2 atom stereocenters. The average Bonchev–Trinajstić information content (AvgIpc) is 2.70. The summed E-state index contributed by atoms with van der Waals surface area (Å²) in [4.78, 5) is 13.9. The Hall–Kier alpha value is -0.480. The summed E-state index contributed by atoms with van der Waals surface area (Å²) in [7, 11) is 0. The molecule has 0 bridgehead atoms. The number of anilines is 1. The number of hydrogen-bond acceptors (Lipinski definition) is 4. The zero-order valence-corrected chi connectivity index (χ0v) is 10.6. The van der Waals surface area contributed by atoms with Crippen molar-refractivity contribution in [3.8, 4) is 0 Å². The van der Waals surface area contributed by atoms with Crippen molar-refractivity contribution >= 4 is 35.1 Å². The maximum atomic E-state index is 10.6. The predicted molar refractivity (Wildman–Crippen MR) is 68.4 cm³/mol. The SMILES string of the molecule is CC1SCCN(c2csc(C=O)c2)C1C. The second kappa shape index (κ2) is 4.58. The maximum absolute atomic E-state index is 10.6. The molecule has 82 valence electrons. The van der Waals surface area contributed by atoms with Gasteiger partial charge in [-0.3, -0.25) is 4.79 Å². The summed E-state index contributed by atoms with van der Waals surface area (Å²) in [6, 6.07) is 2.55. The lowest BCUT2D eigenvalue weighted by atomic mass is 10.2. The number of carbonyl (C=O) groups excluding carboxylic acids is 1. The first-order valence-corrected chi connectivity index (χ1v) is 7.07. The largest absolute Gasteiger partial charge is 0.366 e. The fraction of sp³-hybridized carbons (Fsp3) is 0.545. The van der Waals surface area contributed by atoms with Gasteiger partial charge in [0.2, 0.25) is 0 Å². The summed E-state index contributed by atoms with van der Waals surface area (Å²) >= 11 is 3.56. The van der Waals surface area contributed by atoms with Gasteiger partial charge in [-0.05, 0) is 13.0 Å². The van der Waals surface area contributed by atoms with Crippen molar-refractivity contribution in [2.24, 2.45) is 0 Å². The van der Waals surface area contributed by atoms with Gasteiger partial charge in [-0.25, -0.2) is 0 Å². The summed E-state index contributed by atoms with van der Waals surface area (Å²) in [5.74, 6) is 1.18. The Morgan fingerprint density at radius 3 is 3.00 bits per heavy atom. The first-order valence-electron chi connectivity index (χ1n) is 5.14. The van der Waals surface area contributed by atoms with Crippen LogP contribution in [0.2, 0.25) is 0 Å². The Balaban J connectivity index is 2.18. The molecule has 2 nitrogen and oxygen atoms in total. The molecule has 0 N–H and O–H groups in total. The minimum atomic E-state index is 0.554. The first-order chi connectivity index (χ1) is 7.22. The molecule has 2 heterocycles. The van der Waals surface area contributed by atoms with E-state index < -0.39 is 0 Å². The third kappa shape index (κ3) is 2.21. The van der Waals surface area contributed by atoms with E-state index in [1.165, 1.54) is 22.8 Å². The lowest BCUT2D eigenvalue weighted by Crippen LogP contribution is -2.44. The molecular weight excluding hydrogens is 226 g/mol. The van der Waals surface area contributed by atoms with Crippen molar-refractivity contribution in [3.05, 3.63) is 16.3 Å². The van der Waals surface area contributed by atoms with Crippen LogP contribution in [0.5, 0.6) is 0 Å². The van der Waals surface area contributed by atoms with Crippen molar-refractivity contribution in [1.29, 1.82) is 0 Å². The minimum absolute atomic E-state index is 0.554. The smallest absolute Gasteiger partial charge is 0.160 e. The topological polar surface area (TPSA) is 20.3 Å². The van der Waals surface area contributed by atoms with E-state index in [0.717, 1.165) is 17.7 Å². The van der Waals surface area contributed by atoms with E-state index in [9.17, 15) is 4.79 Å². The standard InChI is InChI=1S/C11H15NOS2/c1-8-9(2)14-4-3-12(8)10-5-11(6-13)15-7-10/h5-9H,3-4H2,1-2H3. The maximum Gasteiger partial charge on any atom is 0.160 e. The van der Waals surface area contributed by atoms with Crippen molar-refractivity contribution in [3.63, 3.8) is 0 Å². The highest BCUT2D eigenvalue weighted by atomic mass is 32.2. The van der Waals surface area contributed by atoms with Gasteiger partial charge in [0.1, 0.15) is 0 Å². The highest BCUT2D eigenvalue weighted by molar-refractivity contribution is 8.00. The van der Waals surface area contributed by atoms with Crippen LogP contribution in [0.25, 0.3) is 0 Å². The Bertz CT molecular complexity index is 350. The molecule has 0 amide bonds. The molecule has 2 rings (SSSR count). The molecule has 0 spiro atoms. The lowest BCUT2D eigenvalue weighted by molar-refractivity contribution is 0.112. The number of nitrogens with zero attached hydrogens (tertiary/aromatic N) is 1.